The Bertz CT molecular complexity index is 701. The van der Waals surface area contributed by atoms with Crippen LogP contribution in [-0.2, 0) is 11.3 Å². The maximum absolute atomic E-state index is 11.6. The Balaban J connectivity index is 2.07. The summed E-state index contributed by atoms with van der Waals surface area (Å²) in [4.78, 5) is 11.6. The Morgan fingerprint density at radius 3 is 2.29 bits per heavy atom. The van der Waals surface area contributed by atoms with E-state index < -0.39 is 0 Å². The van der Waals surface area contributed by atoms with Gasteiger partial charge in [0.05, 0.1) is 26.4 Å². The summed E-state index contributed by atoms with van der Waals surface area (Å²) in [6.45, 7) is 2.65. The lowest BCUT2D eigenvalue weighted by molar-refractivity contribution is 0.0526. The Morgan fingerprint density at radius 2 is 1.71 bits per heavy atom. The summed E-state index contributed by atoms with van der Waals surface area (Å²) < 4.78 is 15.5. The first-order chi connectivity index (χ1) is 11.6. The van der Waals surface area contributed by atoms with E-state index in [2.05, 4.69) is 5.32 Å². The van der Waals surface area contributed by atoms with E-state index >= 15 is 0 Å². The summed E-state index contributed by atoms with van der Waals surface area (Å²) in [6.07, 6.45) is 0. The molecule has 1 N–H and O–H groups in total. The van der Waals surface area contributed by atoms with Gasteiger partial charge in [0, 0.05) is 23.3 Å². The number of halogens is 1. The second-order valence-corrected chi connectivity index (χ2v) is 5.36. The molecule has 5 nitrogen and oxygen atoms in total. The maximum atomic E-state index is 11.6. The van der Waals surface area contributed by atoms with Crippen LogP contribution in [0.25, 0.3) is 0 Å². The molecule has 2 rings (SSSR count). The summed E-state index contributed by atoms with van der Waals surface area (Å²) in [7, 11) is 3.15. The maximum Gasteiger partial charge on any atom is 0.338 e. The molecule has 24 heavy (non-hydrogen) atoms. The van der Waals surface area contributed by atoms with Crippen molar-refractivity contribution < 1.29 is 19.0 Å². The van der Waals surface area contributed by atoms with Gasteiger partial charge in [-0.1, -0.05) is 11.6 Å². The molecule has 0 heterocycles. The highest BCUT2D eigenvalue weighted by molar-refractivity contribution is 6.31. The van der Waals surface area contributed by atoms with Gasteiger partial charge in [0.2, 0.25) is 0 Å². The molecule has 0 radical (unpaired) electrons. The van der Waals surface area contributed by atoms with Crippen molar-refractivity contribution in [1.29, 1.82) is 0 Å². The Morgan fingerprint density at radius 1 is 1.08 bits per heavy atom. The molecule has 0 saturated heterocycles. The van der Waals surface area contributed by atoms with Crippen molar-refractivity contribution in [2.75, 3.05) is 26.1 Å². The fraction of sp³-hybridized carbons (Fsp3) is 0.278. The molecule has 0 aliphatic rings. The molecule has 2 aromatic rings. The van der Waals surface area contributed by atoms with Crippen LogP contribution in [0.1, 0.15) is 22.8 Å². The number of hydrogen-bond acceptors (Lipinski definition) is 5. The minimum atomic E-state index is -0.327. The number of methoxy groups -OCH3 is 2. The zero-order valence-corrected chi connectivity index (χ0v) is 14.6. The molecule has 0 fully saturated rings. The van der Waals surface area contributed by atoms with Gasteiger partial charge in [-0.2, -0.15) is 0 Å². The van der Waals surface area contributed by atoms with Crippen LogP contribution in [0.15, 0.2) is 36.4 Å². The Kier molecular flexibility index (Phi) is 6.32. The highest BCUT2D eigenvalue weighted by atomic mass is 35.5. The molecule has 2 aromatic carbocycles. The van der Waals surface area contributed by atoms with Crippen molar-refractivity contribution in [3.63, 3.8) is 0 Å². The fourth-order valence-corrected chi connectivity index (χ4v) is 2.39. The van der Waals surface area contributed by atoms with Gasteiger partial charge in [0.1, 0.15) is 0 Å². The number of benzene rings is 2. The van der Waals surface area contributed by atoms with Crippen LogP contribution in [-0.4, -0.2) is 26.8 Å². The molecule has 0 aliphatic carbocycles. The summed E-state index contributed by atoms with van der Waals surface area (Å²) in [5.41, 5.74) is 2.27. The smallest absolute Gasteiger partial charge is 0.338 e. The average molecular weight is 350 g/mol. The van der Waals surface area contributed by atoms with Crippen LogP contribution < -0.4 is 14.8 Å². The minimum Gasteiger partial charge on any atom is -0.493 e. The number of nitrogens with one attached hydrogen (secondary N) is 1. The first-order valence-corrected chi connectivity index (χ1v) is 7.88. The van der Waals surface area contributed by atoms with Crippen LogP contribution in [0.3, 0.4) is 0 Å². The largest absolute Gasteiger partial charge is 0.493 e. The molecule has 0 aromatic heterocycles. The summed E-state index contributed by atoms with van der Waals surface area (Å²) in [5, 5.41) is 3.84. The molecular weight excluding hydrogens is 330 g/mol. The SMILES string of the molecule is CCOC(=O)c1ccc(NCc2cc(OC)c(OC)cc2Cl)cc1. The molecule has 0 aliphatic heterocycles. The highest BCUT2D eigenvalue weighted by Gasteiger charge is 2.10. The predicted octanol–water partition coefficient (Wildman–Crippen LogP) is 4.15. The summed E-state index contributed by atoms with van der Waals surface area (Å²) in [5.74, 6) is 0.883. The number of rotatable bonds is 7. The molecule has 0 amide bonds. The first kappa shape index (κ1) is 17.9. The van der Waals surface area contributed by atoms with Crippen LogP contribution >= 0.6 is 11.6 Å². The van der Waals surface area contributed by atoms with E-state index in [0.29, 0.717) is 35.2 Å². The van der Waals surface area contributed by atoms with Gasteiger partial charge in [0.15, 0.2) is 11.5 Å². The minimum absolute atomic E-state index is 0.327. The zero-order valence-electron chi connectivity index (χ0n) is 13.9. The average Bonchev–Trinajstić information content (AvgIpc) is 2.61. The molecular formula is C18H20ClNO4. The third-order valence-electron chi connectivity index (χ3n) is 3.43. The fourth-order valence-electron chi connectivity index (χ4n) is 2.17. The van der Waals surface area contributed by atoms with Crippen LogP contribution in [0.2, 0.25) is 5.02 Å². The van der Waals surface area contributed by atoms with Crippen molar-refractivity contribution in [1.82, 2.24) is 0 Å². The lowest BCUT2D eigenvalue weighted by atomic mass is 10.1. The lowest BCUT2D eigenvalue weighted by Crippen LogP contribution is -2.05. The second-order valence-electron chi connectivity index (χ2n) is 4.95. The first-order valence-electron chi connectivity index (χ1n) is 7.50. The van der Waals surface area contributed by atoms with E-state index in [-0.39, 0.29) is 5.97 Å². The molecule has 0 unspecified atom stereocenters. The third kappa shape index (κ3) is 4.32. The highest BCUT2D eigenvalue weighted by Crippen LogP contribution is 2.33. The summed E-state index contributed by atoms with van der Waals surface area (Å²) >= 11 is 6.27. The van der Waals surface area contributed by atoms with Gasteiger partial charge in [0.25, 0.3) is 0 Å². The standard InChI is InChI=1S/C18H20ClNO4/c1-4-24-18(21)12-5-7-14(8-6-12)20-11-13-9-16(22-2)17(23-3)10-15(13)19/h5-10,20H,4,11H2,1-3H3. The Hall–Kier alpha value is -2.40. The van der Waals surface area contributed by atoms with E-state index in [4.69, 9.17) is 25.8 Å². The van der Waals surface area contributed by atoms with Crippen molar-refractivity contribution in [3.8, 4) is 11.5 Å². The van der Waals surface area contributed by atoms with E-state index in [1.807, 2.05) is 18.2 Å². The van der Waals surface area contributed by atoms with Crippen molar-refractivity contribution >= 4 is 23.3 Å². The topological polar surface area (TPSA) is 56.8 Å². The van der Waals surface area contributed by atoms with E-state index in [1.54, 1.807) is 39.3 Å². The van der Waals surface area contributed by atoms with Gasteiger partial charge in [-0.15, -0.1) is 0 Å². The van der Waals surface area contributed by atoms with Crippen LogP contribution in [0.4, 0.5) is 5.69 Å². The molecule has 0 saturated carbocycles. The van der Waals surface area contributed by atoms with E-state index in [1.165, 1.54) is 0 Å². The number of esters is 1. The number of ether oxygens (including phenoxy) is 3. The monoisotopic (exact) mass is 349 g/mol. The van der Waals surface area contributed by atoms with Crippen molar-refractivity contribution in [2.24, 2.45) is 0 Å². The van der Waals surface area contributed by atoms with Gasteiger partial charge in [-0.05, 0) is 42.8 Å². The van der Waals surface area contributed by atoms with E-state index in [0.717, 1.165) is 11.3 Å². The normalized spacial score (nSPS) is 10.2. The van der Waals surface area contributed by atoms with E-state index in [9.17, 15) is 4.79 Å². The van der Waals surface area contributed by atoms with Gasteiger partial charge in [-0.25, -0.2) is 4.79 Å². The van der Waals surface area contributed by atoms with Gasteiger partial charge in [-0.3, -0.25) is 0 Å². The number of carbonyl (C=O) groups is 1. The predicted molar refractivity (Wildman–Crippen MR) is 94.3 cm³/mol. The quantitative estimate of drug-likeness (QED) is 0.761. The van der Waals surface area contributed by atoms with Crippen LogP contribution in [0.5, 0.6) is 11.5 Å². The molecule has 6 heteroatoms. The number of hydrogen-bond donors (Lipinski definition) is 1. The molecule has 128 valence electrons. The van der Waals surface area contributed by atoms with Crippen molar-refractivity contribution in [3.05, 3.63) is 52.5 Å². The number of anilines is 1. The third-order valence-corrected chi connectivity index (χ3v) is 3.78. The molecule has 0 bridgehead atoms. The van der Waals surface area contributed by atoms with Gasteiger partial charge >= 0.3 is 5.97 Å². The number of carbonyl (C=O) groups excluding carboxylic acids is 1. The lowest BCUT2D eigenvalue weighted by Gasteiger charge is -2.13. The second kappa shape index (κ2) is 8.45. The molecule has 0 atom stereocenters. The zero-order chi connectivity index (χ0) is 17.5. The van der Waals surface area contributed by atoms with Crippen molar-refractivity contribution in [2.45, 2.75) is 13.5 Å². The Labute approximate surface area is 146 Å². The summed E-state index contributed by atoms with van der Waals surface area (Å²) in [6, 6.07) is 10.6. The van der Waals surface area contributed by atoms with Crippen LogP contribution in [0, 0.1) is 0 Å². The van der Waals surface area contributed by atoms with Gasteiger partial charge < -0.3 is 19.5 Å². The molecule has 0 spiro atoms.